The van der Waals surface area contributed by atoms with E-state index in [9.17, 15) is 19.2 Å². The lowest BCUT2D eigenvalue weighted by atomic mass is 10.1. The van der Waals surface area contributed by atoms with Crippen LogP contribution in [0.4, 0.5) is 0 Å². The highest BCUT2D eigenvalue weighted by Gasteiger charge is 2.17. The van der Waals surface area contributed by atoms with Crippen LogP contribution in [0.5, 0.6) is 0 Å². The number of carbonyl (C=O) groups excluding carboxylic acids is 1. The third kappa shape index (κ3) is 5.54. The van der Waals surface area contributed by atoms with E-state index in [2.05, 4.69) is 18.5 Å². The van der Waals surface area contributed by atoms with Crippen LogP contribution in [0, 0.1) is 0 Å². The molecule has 1 heterocycles. The van der Waals surface area contributed by atoms with Crippen LogP contribution in [0.25, 0.3) is 0 Å². The molecule has 1 aromatic heterocycles. The van der Waals surface area contributed by atoms with Crippen LogP contribution < -0.4 is 22.4 Å². The predicted octanol–water partition coefficient (Wildman–Crippen LogP) is 0.681. The molecule has 0 unspecified atom stereocenters. The summed E-state index contributed by atoms with van der Waals surface area (Å²) in [7, 11) is 0. The van der Waals surface area contributed by atoms with Crippen LogP contribution in [-0.4, -0.2) is 25.7 Å². The lowest BCUT2D eigenvalue weighted by Gasteiger charge is -2.15. The molecular weight excluding hydrogens is 372 g/mol. The number of nitrogens with one attached hydrogen (secondary N) is 1. The summed E-state index contributed by atoms with van der Waals surface area (Å²) in [5.74, 6) is -0.473. The van der Waals surface area contributed by atoms with Gasteiger partial charge in [0, 0.05) is 6.04 Å². The van der Waals surface area contributed by atoms with Crippen LogP contribution in [0.15, 0.2) is 70.0 Å². The van der Waals surface area contributed by atoms with Gasteiger partial charge in [0.2, 0.25) is 5.91 Å². The quantitative estimate of drug-likeness (QED) is 0.596. The van der Waals surface area contributed by atoms with Crippen molar-refractivity contribution < 1.29 is 4.79 Å². The van der Waals surface area contributed by atoms with Gasteiger partial charge in [-0.05, 0) is 25.3 Å². The Morgan fingerprint density at radius 1 is 0.966 bits per heavy atom. The van der Waals surface area contributed by atoms with E-state index in [-0.39, 0.29) is 19.1 Å². The molecule has 8 heteroatoms. The minimum absolute atomic E-state index is 0.0653. The number of rotatable bonds is 10. The first kappa shape index (κ1) is 21.9. The maximum atomic E-state index is 12.5. The summed E-state index contributed by atoms with van der Waals surface area (Å²) < 4.78 is 2.49. The van der Waals surface area contributed by atoms with E-state index in [1.165, 1.54) is 12.2 Å². The Morgan fingerprint density at radius 2 is 1.48 bits per heavy atom. The first-order chi connectivity index (χ1) is 13.9. The highest BCUT2D eigenvalue weighted by atomic mass is 16.2. The summed E-state index contributed by atoms with van der Waals surface area (Å²) in [5.41, 5.74) is -1.28. The lowest BCUT2D eigenvalue weighted by molar-refractivity contribution is -0.122. The van der Waals surface area contributed by atoms with E-state index in [4.69, 9.17) is 0 Å². The molecule has 0 aliphatic rings. The van der Waals surface area contributed by atoms with Gasteiger partial charge in [-0.2, -0.15) is 0 Å². The molecule has 154 valence electrons. The maximum absolute atomic E-state index is 12.5. The minimum Gasteiger partial charge on any atom is -0.352 e. The standard InChI is InChI=1S/C21H26N4O4/c1-4-13-23-19(27)24(14-5-2)21(29)25(20(23)28)15-18(26)22-16(3)11-12-17-9-7-6-8-10-17/h4-10,16H,1-2,11-15H2,3H3,(H,22,26)/t16-/m1/s1. The fraction of sp³-hybridized carbons (Fsp3) is 0.333. The van der Waals surface area contributed by atoms with E-state index >= 15 is 0 Å². The molecule has 1 amide bonds. The average Bonchev–Trinajstić information content (AvgIpc) is 2.71. The molecule has 1 atom stereocenters. The Kier molecular flexibility index (Phi) is 7.70. The summed E-state index contributed by atoms with van der Waals surface area (Å²) in [6.45, 7) is 8.29. The number of aromatic nitrogens is 3. The van der Waals surface area contributed by atoms with Crippen molar-refractivity contribution in [2.45, 2.75) is 45.4 Å². The van der Waals surface area contributed by atoms with Crippen molar-refractivity contribution >= 4 is 5.91 Å². The number of benzene rings is 1. The molecule has 2 rings (SSSR count). The molecule has 1 N–H and O–H groups in total. The van der Waals surface area contributed by atoms with Crippen LogP contribution in [0.1, 0.15) is 18.9 Å². The van der Waals surface area contributed by atoms with Gasteiger partial charge in [0.05, 0.1) is 13.1 Å². The Bertz CT molecular complexity index is 999. The second-order valence-electron chi connectivity index (χ2n) is 6.73. The van der Waals surface area contributed by atoms with Crippen LogP contribution >= 0.6 is 0 Å². The third-order valence-corrected chi connectivity index (χ3v) is 4.43. The molecule has 29 heavy (non-hydrogen) atoms. The molecule has 8 nitrogen and oxygen atoms in total. The van der Waals surface area contributed by atoms with Gasteiger partial charge >= 0.3 is 17.1 Å². The topological polar surface area (TPSA) is 95.1 Å². The normalized spacial score (nSPS) is 11.6. The molecule has 1 aromatic carbocycles. The van der Waals surface area contributed by atoms with Gasteiger partial charge in [0.1, 0.15) is 6.54 Å². The monoisotopic (exact) mass is 398 g/mol. The molecular formula is C21H26N4O4. The zero-order valence-electron chi connectivity index (χ0n) is 16.5. The number of nitrogens with zero attached hydrogens (tertiary/aromatic N) is 3. The molecule has 0 aliphatic carbocycles. The van der Waals surface area contributed by atoms with Gasteiger partial charge in [-0.15, -0.1) is 13.2 Å². The number of carbonyl (C=O) groups is 1. The predicted molar refractivity (Wildman–Crippen MR) is 112 cm³/mol. The molecule has 0 saturated carbocycles. The van der Waals surface area contributed by atoms with E-state index in [0.29, 0.717) is 6.42 Å². The Hall–Kier alpha value is -3.42. The highest BCUT2D eigenvalue weighted by Crippen LogP contribution is 2.04. The number of amides is 1. The second-order valence-corrected chi connectivity index (χ2v) is 6.73. The SMILES string of the molecule is C=CCn1c(=O)n(CC=C)c(=O)n(CC(=O)N[C@H](C)CCc2ccccc2)c1=O. The van der Waals surface area contributed by atoms with Gasteiger partial charge < -0.3 is 5.32 Å². The molecule has 0 radical (unpaired) electrons. The summed E-state index contributed by atoms with van der Waals surface area (Å²) in [6.07, 6.45) is 4.25. The first-order valence-electron chi connectivity index (χ1n) is 9.38. The van der Waals surface area contributed by atoms with Gasteiger partial charge in [0.25, 0.3) is 0 Å². The summed E-state index contributed by atoms with van der Waals surface area (Å²) in [6, 6.07) is 9.73. The van der Waals surface area contributed by atoms with Crippen molar-refractivity contribution in [1.29, 1.82) is 0 Å². The number of hydrogen-bond donors (Lipinski definition) is 1. The molecule has 0 spiro atoms. The van der Waals surface area contributed by atoms with Crippen molar-refractivity contribution in [3.63, 3.8) is 0 Å². The Balaban J connectivity index is 2.17. The fourth-order valence-electron chi connectivity index (χ4n) is 2.95. The highest BCUT2D eigenvalue weighted by molar-refractivity contribution is 5.75. The lowest BCUT2D eigenvalue weighted by Crippen LogP contribution is -2.55. The number of aryl methyl sites for hydroxylation is 1. The minimum atomic E-state index is -0.840. The van der Waals surface area contributed by atoms with E-state index in [0.717, 1.165) is 25.7 Å². The van der Waals surface area contributed by atoms with Crippen LogP contribution in [0.2, 0.25) is 0 Å². The zero-order valence-corrected chi connectivity index (χ0v) is 16.5. The first-order valence-corrected chi connectivity index (χ1v) is 9.38. The van der Waals surface area contributed by atoms with Crippen molar-refractivity contribution in [2.75, 3.05) is 0 Å². The molecule has 0 fully saturated rings. The van der Waals surface area contributed by atoms with Crippen molar-refractivity contribution in [3.05, 3.63) is 92.7 Å². The van der Waals surface area contributed by atoms with Crippen molar-refractivity contribution in [1.82, 2.24) is 19.0 Å². The zero-order chi connectivity index (χ0) is 21.4. The maximum Gasteiger partial charge on any atom is 0.337 e. The average molecular weight is 398 g/mol. The van der Waals surface area contributed by atoms with Gasteiger partial charge in [-0.1, -0.05) is 42.5 Å². The smallest absolute Gasteiger partial charge is 0.337 e. The van der Waals surface area contributed by atoms with E-state index in [1.807, 2.05) is 37.3 Å². The van der Waals surface area contributed by atoms with Crippen LogP contribution in [-0.2, 0) is 30.8 Å². The van der Waals surface area contributed by atoms with Crippen molar-refractivity contribution in [3.8, 4) is 0 Å². The van der Waals surface area contributed by atoms with Crippen LogP contribution in [0.3, 0.4) is 0 Å². The summed E-state index contributed by atoms with van der Waals surface area (Å²) >= 11 is 0. The third-order valence-electron chi connectivity index (χ3n) is 4.43. The number of hydrogen-bond acceptors (Lipinski definition) is 4. The fourth-order valence-corrected chi connectivity index (χ4v) is 2.95. The Morgan fingerprint density at radius 3 is 2.00 bits per heavy atom. The van der Waals surface area contributed by atoms with Gasteiger partial charge in [-0.25, -0.2) is 28.1 Å². The Labute approximate surface area is 168 Å². The molecule has 0 bridgehead atoms. The van der Waals surface area contributed by atoms with Gasteiger partial charge in [0.15, 0.2) is 0 Å². The molecule has 2 aromatic rings. The van der Waals surface area contributed by atoms with Crippen molar-refractivity contribution in [2.24, 2.45) is 0 Å². The summed E-state index contributed by atoms with van der Waals surface area (Å²) in [5, 5.41) is 2.80. The van der Waals surface area contributed by atoms with E-state index < -0.39 is 29.5 Å². The molecule has 0 aliphatic heterocycles. The van der Waals surface area contributed by atoms with E-state index in [1.54, 1.807) is 0 Å². The largest absolute Gasteiger partial charge is 0.352 e. The molecule has 0 saturated heterocycles. The van der Waals surface area contributed by atoms with Gasteiger partial charge in [-0.3, -0.25) is 4.79 Å². The number of allylic oxidation sites excluding steroid dienone is 2. The second kappa shape index (κ2) is 10.2. The summed E-state index contributed by atoms with van der Waals surface area (Å²) in [4.78, 5) is 49.9.